The molecule has 1 fully saturated rings. The third-order valence-electron chi connectivity index (χ3n) is 4.14. The molecule has 0 amide bonds. The minimum atomic E-state index is 0. The van der Waals surface area contributed by atoms with Crippen molar-refractivity contribution in [2.75, 3.05) is 39.4 Å². The topological polar surface area (TPSA) is 48.9 Å². The summed E-state index contributed by atoms with van der Waals surface area (Å²) in [6, 6.07) is 9.48. The van der Waals surface area contributed by atoms with Crippen LogP contribution in [-0.4, -0.2) is 56.3 Å². The standard InChI is InChI=1S/C19H32N4O.HI/c1-5-20-19(22-15(2)3)21-14-18(23-10-12-24-13-11-23)17-8-6-16(4)7-9-17;/h6-9,15,18H,5,10-14H2,1-4H3,(H2,20,21,22);1H. The molecule has 2 N–H and O–H groups in total. The van der Waals surface area contributed by atoms with Gasteiger partial charge in [0.2, 0.25) is 0 Å². The van der Waals surface area contributed by atoms with E-state index in [1.807, 2.05) is 0 Å². The van der Waals surface area contributed by atoms with Gasteiger partial charge in [0.15, 0.2) is 5.96 Å². The molecule has 1 aliphatic heterocycles. The number of ether oxygens (including phenoxy) is 1. The molecule has 25 heavy (non-hydrogen) atoms. The van der Waals surface area contributed by atoms with E-state index >= 15 is 0 Å². The van der Waals surface area contributed by atoms with Crippen molar-refractivity contribution in [3.63, 3.8) is 0 Å². The van der Waals surface area contributed by atoms with E-state index in [9.17, 15) is 0 Å². The lowest BCUT2D eigenvalue weighted by molar-refractivity contribution is 0.0179. The van der Waals surface area contributed by atoms with Crippen LogP contribution in [0, 0.1) is 6.92 Å². The Morgan fingerprint density at radius 1 is 1.20 bits per heavy atom. The van der Waals surface area contributed by atoms with Crippen LogP contribution in [0.2, 0.25) is 0 Å². The molecule has 6 heteroatoms. The molecular formula is C19H33IN4O. The van der Waals surface area contributed by atoms with E-state index in [1.165, 1.54) is 11.1 Å². The van der Waals surface area contributed by atoms with Crippen molar-refractivity contribution in [2.24, 2.45) is 4.99 Å². The Morgan fingerprint density at radius 3 is 2.40 bits per heavy atom. The number of aryl methyl sites for hydroxylation is 1. The molecule has 1 saturated heterocycles. The first kappa shape index (κ1) is 22.2. The van der Waals surface area contributed by atoms with E-state index in [1.54, 1.807) is 0 Å². The average molecular weight is 460 g/mol. The molecule has 5 nitrogen and oxygen atoms in total. The average Bonchev–Trinajstić information content (AvgIpc) is 2.57. The molecule has 1 aromatic rings. The van der Waals surface area contributed by atoms with Gasteiger partial charge >= 0.3 is 0 Å². The molecule has 142 valence electrons. The van der Waals surface area contributed by atoms with Crippen LogP contribution in [0.4, 0.5) is 0 Å². The second-order valence-electron chi connectivity index (χ2n) is 6.59. The smallest absolute Gasteiger partial charge is 0.191 e. The van der Waals surface area contributed by atoms with Crippen molar-refractivity contribution in [3.8, 4) is 0 Å². The van der Waals surface area contributed by atoms with Gasteiger partial charge in [-0.05, 0) is 33.3 Å². The summed E-state index contributed by atoms with van der Waals surface area (Å²) in [6.07, 6.45) is 0. The third kappa shape index (κ3) is 7.50. The fourth-order valence-electron chi connectivity index (χ4n) is 2.88. The predicted molar refractivity (Wildman–Crippen MR) is 116 cm³/mol. The summed E-state index contributed by atoms with van der Waals surface area (Å²) < 4.78 is 5.52. The summed E-state index contributed by atoms with van der Waals surface area (Å²) in [5.41, 5.74) is 2.62. The van der Waals surface area contributed by atoms with Crippen LogP contribution in [0.5, 0.6) is 0 Å². The molecule has 1 aliphatic rings. The van der Waals surface area contributed by atoms with Crippen LogP contribution >= 0.6 is 24.0 Å². The van der Waals surface area contributed by atoms with Gasteiger partial charge in [-0.25, -0.2) is 0 Å². The maximum absolute atomic E-state index is 5.52. The van der Waals surface area contributed by atoms with Crippen LogP contribution in [0.25, 0.3) is 0 Å². The summed E-state index contributed by atoms with van der Waals surface area (Å²) in [5.74, 6) is 0.887. The highest BCUT2D eigenvalue weighted by Crippen LogP contribution is 2.22. The van der Waals surface area contributed by atoms with Gasteiger partial charge in [0.05, 0.1) is 25.8 Å². The Balaban J connectivity index is 0.00000312. The Labute approximate surface area is 169 Å². The highest BCUT2D eigenvalue weighted by Gasteiger charge is 2.22. The van der Waals surface area contributed by atoms with E-state index in [0.717, 1.165) is 45.4 Å². The largest absolute Gasteiger partial charge is 0.379 e. The lowest BCUT2D eigenvalue weighted by atomic mass is 10.0. The number of guanidine groups is 1. The summed E-state index contributed by atoms with van der Waals surface area (Å²) >= 11 is 0. The second-order valence-corrected chi connectivity index (χ2v) is 6.59. The monoisotopic (exact) mass is 460 g/mol. The van der Waals surface area contributed by atoms with E-state index < -0.39 is 0 Å². The third-order valence-corrected chi connectivity index (χ3v) is 4.14. The fraction of sp³-hybridized carbons (Fsp3) is 0.632. The van der Waals surface area contributed by atoms with Crippen molar-refractivity contribution >= 4 is 29.9 Å². The van der Waals surface area contributed by atoms with E-state index in [2.05, 4.69) is 67.5 Å². The Morgan fingerprint density at radius 2 is 1.84 bits per heavy atom. The Bertz CT molecular complexity index is 513. The van der Waals surface area contributed by atoms with Crippen LogP contribution in [0.3, 0.4) is 0 Å². The summed E-state index contributed by atoms with van der Waals surface area (Å²) in [4.78, 5) is 7.32. The molecule has 0 aliphatic carbocycles. The number of hydrogen-bond donors (Lipinski definition) is 2. The van der Waals surface area contributed by atoms with Crippen molar-refractivity contribution in [2.45, 2.75) is 39.8 Å². The maximum atomic E-state index is 5.52. The summed E-state index contributed by atoms with van der Waals surface area (Å²) in [5, 5.41) is 6.72. The zero-order valence-electron chi connectivity index (χ0n) is 15.9. The van der Waals surface area contributed by atoms with Gasteiger partial charge in [0, 0.05) is 25.7 Å². The molecule has 0 bridgehead atoms. The predicted octanol–water partition coefficient (Wildman–Crippen LogP) is 2.95. The van der Waals surface area contributed by atoms with Crippen LogP contribution < -0.4 is 10.6 Å². The van der Waals surface area contributed by atoms with Gasteiger partial charge < -0.3 is 15.4 Å². The summed E-state index contributed by atoms with van der Waals surface area (Å²) in [7, 11) is 0. The number of halogens is 1. The minimum absolute atomic E-state index is 0. The van der Waals surface area contributed by atoms with Crippen molar-refractivity contribution < 1.29 is 4.74 Å². The van der Waals surface area contributed by atoms with E-state index in [0.29, 0.717) is 6.04 Å². The molecule has 1 aromatic carbocycles. The normalized spacial score (nSPS) is 17.1. The van der Waals surface area contributed by atoms with Crippen molar-refractivity contribution in [1.82, 2.24) is 15.5 Å². The zero-order chi connectivity index (χ0) is 17.4. The molecule has 0 aromatic heterocycles. The second kappa shape index (κ2) is 11.7. The number of morpholine rings is 1. The minimum Gasteiger partial charge on any atom is -0.379 e. The van der Waals surface area contributed by atoms with Crippen LogP contribution in [0.1, 0.15) is 37.9 Å². The molecule has 1 heterocycles. The lowest BCUT2D eigenvalue weighted by Gasteiger charge is -2.34. The Kier molecular flexibility index (Phi) is 10.4. The van der Waals surface area contributed by atoms with Crippen molar-refractivity contribution in [1.29, 1.82) is 0 Å². The Hall–Kier alpha value is -0.860. The van der Waals surface area contributed by atoms with E-state index in [4.69, 9.17) is 9.73 Å². The number of rotatable bonds is 6. The first-order valence-corrected chi connectivity index (χ1v) is 9.03. The quantitative estimate of drug-likeness (QED) is 0.390. The van der Waals surface area contributed by atoms with Gasteiger partial charge in [0.25, 0.3) is 0 Å². The molecule has 1 unspecified atom stereocenters. The van der Waals surface area contributed by atoms with Gasteiger partial charge in [-0.1, -0.05) is 29.8 Å². The molecule has 0 spiro atoms. The van der Waals surface area contributed by atoms with Crippen LogP contribution in [0.15, 0.2) is 29.3 Å². The van der Waals surface area contributed by atoms with Crippen molar-refractivity contribution in [3.05, 3.63) is 35.4 Å². The zero-order valence-corrected chi connectivity index (χ0v) is 18.2. The van der Waals surface area contributed by atoms with Gasteiger partial charge in [-0.2, -0.15) is 0 Å². The van der Waals surface area contributed by atoms with Gasteiger partial charge in [-0.15, -0.1) is 24.0 Å². The number of aliphatic imine (C=N–C) groups is 1. The lowest BCUT2D eigenvalue weighted by Crippen LogP contribution is -2.43. The van der Waals surface area contributed by atoms with Gasteiger partial charge in [-0.3, -0.25) is 9.89 Å². The molecular weight excluding hydrogens is 427 g/mol. The number of nitrogens with one attached hydrogen (secondary N) is 2. The first-order chi connectivity index (χ1) is 11.6. The summed E-state index contributed by atoms with van der Waals surface area (Å²) in [6.45, 7) is 13.6. The number of hydrogen-bond acceptors (Lipinski definition) is 3. The number of nitrogens with zero attached hydrogens (tertiary/aromatic N) is 2. The molecule has 0 radical (unpaired) electrons. The first-order valence-electron chi connectivity index (χ1n) is 9.03. The maximum Gasteiger partial charge on any atom is 0.191 e. The molecule has 0 saturated carbocycles. The van der Waals surface area contributed by atoms with Crippen LogP contribution in [-0.2, 0) is 4.74 Å². The number of benzene rings is 1. The SMILES string of the molecule is CCNC(=NCC(c1ccc(C)cc1)N1CCOCC1)NC(C)C.I. The van der Waals surface area contributed by atoms with Gasteiger partial charge in [0.1, 0.15) is 0 Å². The van der Waals surface area contributed by atoms with E-state index in [-0.39, 0.29) is 30.0 Å². The molecule has 1 atom stereocenters. The highest BCUT2D eigenvalue weighted by atomic mass is 127. The highest BCUT2D eigenvalue weighted by molar-refractivity contribution is 14.0. The molecule has 2 rings (SSSR count). The fourth-order valence-corrected chi connectivity index (χ4v) is 2.88.